The predicted molar refractivity (Wildman–Crippen MR) is 38.4 cm³/mol. The molecule has 2 atom stereocenters. The summed E-state index contributed by atoms with van der Waals surface area (Å²) in [5.74, 6) is 0.751. The molecule has 0 aromatic heterocycles. The highest BCUT2D eigenvalue weighted by Crippen LogP contribution is 2.40. The maximum atomic E-state index is 5.31. The van der Waals surface area contributed by atoms with Gasteiger partial charge >= 0.3 is 0 Å². The molecule has 0 aromatic carbocycles. The first-order chi connectivity index (χ1) is 4.07. The number of rotatable bonds is 1. The fourth-order valence-corrected chi connectivity index (χ4v) is 1.15. The van der Waals surface area contributed by atoms with Crippen molar-refractivity contribution >= 4 is 0 Å². The topological polar surface area (TPSA) is 9.23 Å². The highest BCUT2D eigenvalue weighted by molar-refractivity contribution is 4.90. The van der Waals surface area contributed by atoms with Crippen LogP contribution in [0.25, 0.3) is 0 Å². The fraction of sp³-hybridized carbons (Fsp3) is 1.00. The van der Waals surface area contributed by atoms with Gasteiger partial charge in [0.15, 0.2) is 0 Å². The first kappa shape index (κ1) is 7.07. The zero-order valence-corrected chi connectivity index (χ0v) is 6.77. The van der Waals surface area contributed by atoms with Crippen molar-refractivity contribution in [3.8, 4) is 0 Å². The molecule has 1 rings (SSSR count). The van der Waals surface area contributed by atoms with Gasteiger partial charge in [-0.2, -0.15) is 0 Å². The Hall–Kier alpha value is -0.0400. The predicted octanol–water partition coefficient (Wildman–Crippen LogP) is 2.07. The van der Waals surface area contributed by atoms with Crippen molar-refractivity contribution in [2.75, 3.05) is 6.61 Å². The molecule has 0 bridgehead atoms. The van der Waals surface area contributed by atoms with Gasteiger partial charge in [-0.1, -0.05) is 20.8 Å². The Labute approximate surface area is 57.4 Å². The van der Waals surface area contributed by atoms with Gasteiger partial charge in [0.2, 0.25) is 0 Å². The summed E-state index contributed by atoms with van der Waals surface area (Å²) in [6.07, 6.45) is 0.470. The van der Waals surface area contributed by atoms with E-state index in [9.17, 15) is 0 Å². The van der Waals surface area contributed by atoms with Crippen LogP contribution < -0.4 is 0 Å². The van der Waals surface area contributed by atoms with Crippen LogP contribution >= 0.6 is 0 Å². The summed E-state index contributed by atoms with van der Waals surface area (Å²) in [6.45, 7) is 9.93. The second-order valence-corrected chi connectivity index (χ2v) is 3.61. The van der Waals surface area contributed by atoms with Crippen LogP contribution in [-0.4, -0.2) is 12.7 Å². The van der Waals surface area contributed by atoms with Crippen LogP contribution in [0.1, 0.15) is 27.7 Å². The Morgan fingerprint density at radius 3 is 2.11 bits per heavy atom. The monoisotopic (exact) mass is 128 g/mol. The van der Waals surface area contributed by atoms with Crippen molar-refractivity contribution in [3.05, 3.63) is 0 Å². The van der Waals surface area contributed by atoms with Crippen molar-refractivity contribution in [2.45, 2.75) is 33.8 Å². The average molecular weight is 128 g/mol. The van der Waals surface area contributed by atoms with Gasteiger partial charge < -0.3 is 4.74 Å². The lowest BCUT2D eigenvalue weighted by Crippen LogP contribution is -2.51. The third-order valence-electron chi connectivity index (χ3n) is 2.89. The zero-order chi connectivity index (χ0) is 7.07. The van der Waals surface area contributed by atoms with E-state index in [-0.39, 0.29) is 0 Å². The van der Waals surface area contributed by atoms with Crippen LogP contribution in [-0.2, 0) is 4.74 Å². The summed E-state index contributed by atoms with van der Waals surface area (Å²) in [7, 11) is 0. The Morgan fingerprint density at radius 1 is 1.56 bits per heavy atom. The molecule has 1 aliphatic rings. The van der Waals surface area contributed by atoms with Crippen molar-refractivity contribution in [1.82, 2.24) is 0 Å². The molecule has 54 valence electrons. The molecule has 0 spiro atoms. The summed E-state index contributed by atoms with van der Waals surface area (Å²) in [4.78, 5) is 0. The van der Waals surface area contributed by atoms with E-state index < -0.39 is 0 Å². The summed E-state index contributed by atoms with van der Waals surface area (Å²) in [5, 5.41) is 0. The summed E-state index contributed by atoms with van der Waals surface area (Å²) in [6, 6.07) is 0. The molecule has 0 N–H and O–H groups in total. The van der Waals surface area contributed by atoms with E-state index in [1.807, 2.05) is 0 Å². The van der Waals surface area contributed by atoms with E-state index in [0.717, 1.165) is 12.5 Å². The molecule has 1 fully saturated rings. The highest BCUT2D eigenvalue weighted by Gasteiger charge is 2.43. The quantitative estimate of drug-likeness (QED) is 0.525. The average Bonchev–Trinajstić information content (AvgIpc) is 1.82. The second-order valence-electron chi connectivity index (χ2n) is 3.61. The van der Waals surface area contributed by atoms with Gasteiger partial charge in [0.1, 0.15) is 0 Å². The van der Waals surface area contributed by atoms with Gasteiger partial charge in [-0.25, -0.2) is 0 Å². The lowest BCUT2D eigenvalue weighted by Gasteiger charge is -2.48. The summed E-state index contributed by atoms with van der Waals surface area (Å²) >= 11 is 0. The fourth-order valence-electron chi connectivity index (χ4n) is 1.15. The molecular weight excluding hydrogens is 112 g/mol. The minimum absolute atomic E-state index is 0.458. The number of hydrogen-bond acceptors (Lipinski definition) is 1. The first-order valence-corrected chi connectivity index (χ1v) is 3.69. The van der Waals surface area contributed by atoms with Crippen molar-refractivity contribution < 1.29 is 4.74 Å². The van der Waals surface area contributed by atoms with Crippen LogP contribution in [0.15, 0.2) is 0 Å². The third kappa shape index (κ3) is 0.877. The SMILES string of the molecule is CC(C)C1(C)COC1C. The molecule has 1 nitrogen and oxygen atoms in total. The minimum atomic E-state index is 0.458. The lowest BCUT2D eigenvalue weighted by atomic mass is 9.72. The molecule has 1 saturated heterocycles. The molecule has 0 amide bonds. The van der Waals surface area contributed by atoms with Gasteiger partial charge in [-0.05, 0) is 12.8 Å². The van der Waals surface area contributed by atoms with Crippen molar-refractivity contribution in [1.29, 1.82) is 0 Å². The molecule has 2 unspecified atom stereocenters. The highest BCUT2D eigenvalue weighted by atomic mass is 16.5. The molecule has 9 heavy (non-hydrogen) atoms. The van der Waals surface area contributed by atoms with E-state index in [0.29, 0.717) is 11.5 Å². The Bertz CT molecular complexity index is 102. The molecule has 0 aliphatic carbocycles. The number of hydrogen-bond donors (Lipinski definition) is 0. The van der Waals surface area contributed by atoms with E-state index >= 15 is 0 Å². The molecule has 1 aliphatic heterocycles. The minimum Gasteiger partial charge on any atom is -0.377 e. The van der Waals surface area contributed by atoms with Gasteiger partial charge in [0.05, 0.1) is 12.7 Å². The van der Waals surface area contributed by atoms with Crippen LogP contribution in [0.4, 0.5) is 0 Å². The Balaban J connectivity index is 2.53. The van der Waals surface area contributed by atoms with Gasteiger partial charge in [-0.15, -0.1) is 0 Å². The number of ether oxygens (including phenoxy) is 1. The standard InChI is InChI=1S/C8H16O/c1-6(2)8(4)5-9-7(8)3/h6-7H,5H2,1-4H3. The van der Waals surface area contributed by atoms with Crippen molar-refractivity contribution in [2.24, 2.45) is 11.3 Å². The molecule has 0 radical (unpaired) electrons. The third-order valence-corrected chi connectivity index (χ3v) is 2.89. The Morgan fingerprint density at radius 2 is 2.11 bits per heavy atom. The molecule has 0 aromatic rings. The largest absolute Gasteiger partial charge is 0.377 e. The second kappa shape index (κ2) is 1.98. The van der Waals surface area contributed by atoms with Crippen LogP contribution in [0.5, 0.6) is 0 Å². The molecule has 0 saturated carbocycles. The smallest absolute Gasteiger partial charge is 0.0625 e. The maximum absolute atomic E-state index is 5.31. The van der Waals surface area contributed by atoms with Crippen LogP contribution in [0, 0.1) is 11.3 Å². The normalized spacial score (nSPS) is 43.0. The zero-order valence-electron chi connectivity index (χ0n) is 6.77. The van der Waals surface area contributed by atoms with Crippen LogP contribution in [0.2, 0.25) is 0 Å². The van der Waals surface area contributed by atoms with Gasteiger partial charge in [-0.3, -0.25) is 0 Å². The van der Waals surface area contributed by atoms with Crippen LogP contribution in [0.3, 0.4) is 0 Å². The van der Waals surface area contributed by atoms with Crippen molar-refractivity contribution in [3.63, 3.8) is 0 Å². The van der Waals surface area contributed by atoms with E-state index in [1.54, 1.807) is 0 Å². The summed E-state index contributed by atoms with van der Waals surface area (Å²) < 4.78 is 5.31. The Kier molecular flexibility index (Phi) is 1.55. The van der Waals surface area contributed by atoms with E-state index in [1.165, 1.54) is 0 Å². The molecular formula is C8H16O. The van der Waals surface area contributed by atoms with Gasteiger partial charge in [0, 0.05) is 5.41 Å². The lowest BCUT2D eigenvalue weighted by molar-refractivity contribution is -0.189. The molecule has 1 heterocycles. The van der Waals surface area contributed by atoms with E-state index in [4.69, 9.17) is 4.74 Å². The maximum Gasteiger partial charge on any atom is 0.0625 e. The first-order valence-electron chi connectivity index (χ1n) is 3.69. The molecule has 1 heteroatoms. The van der Waals surface area contributed by atoms with Gasteiger partial charge in [0.25, 0.3) is 0 Å². The van der Waals surface area contributed by atoms with E-state index in [2.05, 4.69) is 27.7 Å². The summed E-state index contributed by atoms with van der Waals surface area (Å²) in [5.41, 5.74) is 0.458.